The summed E-state index contributed by atoms with van der Waals surface area (Å²) < 4.78 is 11.4. The van der Waals surface area contributed by atoms with Crippen molar-refractivity contribution >= 4 is 5.91 Å². The molecule has 0 radical (unpaired) electrons. The van der Waals surface area contributed by atoms with Crippen molar-refractivity contribution in [1.29, 1.82) is 0 Å². The van der Waals surface area contributed by atoms with Crippen LogP contribution < -0.4 is 14.8 Å². The van der Waals surface area contributed by atoms with Crippen LogP contribution in [0.5, 0.6) is 11.5 Å². The van der Waals surface area contributed by atoms with E-state index in [-0.39, 0.29) is 23.5 Å². The predicted octanol–water partition coefficient (Wildman–Crippen LogP) is 6.68. The van der Waals surface area contributed by atoms with Crippen LogP contribution in [0.4, 0.5) is 0 Å². The van der Waals surface area contributed by atoms with Crippen molar-refractivity contribution in [2.24, 2.45) is 0 Å². The second-order valence-electron chi connectivity index (χ2n) is 12.2. The number of hydrogen-bond donors (Lipinski definition) is 1. The zero-order valence-corrected chi connectivity index (χ0v) is 24.2. The number of ether oxygens (including phenoxy) is 2. The summed E-state index contributed by atoms with van der Waals surface area (Å²) in [4.78, 5) is 16.8. The summed E-state index contributed by atoms with van der Waals surface area (Å²) >= 11 is 0. The average Bonchev–Trinajstić information content (AvgIpc) is 3.53. The Balaban J connectivity index is 1.47. The first-order valence-corrected chi connectivity index (χ1v) is 14.1. The van der Waals surface area contributed by atoms with Gasteiger partial charge in [-0.05, 0) is 72.4 Å². The molecule has 1 amide bonds. The fourth-order valence-corrected chi connectivity index (χ4v) is 6.46. The Hall–Kier alpha value is -3.31. The van der Waals surface area contributed by atoms with E-state index in [1.54, 1.807) is 14.2 Å². The van der Waals surface area contributed by atoms with Crippen LogP contribution in [0.25, 0.3) is 0 Å². The maximum Gasteiger partial charge on any atom is 0.234 e. The third-order valence-electron chi connectivity index (χ3n) is 8.77. The smallest absolute Gasteiger partial charge is 0.234 e. The van der Waals surface area contributed by atoms with E-state index in [1.165, 1.54) is 16.7 Å². The first-order valence-electron chi connectivity index (χ1n) is 14.1. The van der Waals surface area contributed by atoms with Gasteiger partial charge in [-0.3, -0.25) is 10.1 Å². The number of nitrogens with zero attached hydrogens (tertiary/aromatic N) is 1. The van der Waals surface area contributed by atoms with Crippen LogP contribution in [0.3, 0.4) is 0 Å². The summed E-state index contributed by atoms with van der Waals surface area (Å²) in [5, 5.41) is 3.77. The van der Waals surface area contributed by atoms with E-state index in [9.17, 15) is 4.79 Å². The highest BCUT2D eigenvalue weighted by Crippen LogP contribution is 2.47. The lowest BCUT2D eigenvalue weighted by molar-refractivity contribution is -0.140. The third-order valence-corrected chi connectivity index (χ3v) is 8.77. The lowest BCUT2D eigenvalue weighted by Crippen LogP contribution is -2.51. The van der Waals surface area contributed by atoms with E-state index in [4.69, 9.17) is 9.47 Å². The number of hydrogen-bond acceptors (Lipinski definition) is 4. The second kappa shape index (κ2) is 10.7. The first-order chi connectivity index (χ1) is 18.7. The molecule has 1 aliphatic carbocycles. The Morgan fingerprint density at radius 1 is 0.974 bits per heavy atom. The van der Waals surface area contributed by atoms with Gasteiger partial charge in [0, 0.05) is 12.1 Å². The third kappa shape index (κ3) is 5.05. The molecule has 2 unspecified atom stereocenters. The number of fused-ring (bicyclic) bond motifs is 1. The van der Waals surface area contributed by atoms with Crippen LogP contribution >= 0.6 is 0 Å². The molecule has 1 fully saturated rings. The van der Waals surface area contributed by atoms with E-state index >= 15 is 0 Å². The number of nitrogens with one attached hydrogen (secondary N) is 1. The van der Waals surface area contributed by atoms with Crippen molar-refractivity contribution in [1.82, 2.24) is 10.2 Å². The van der Waals surface area contributed by atoms with Gasteiger partial charge in [-0.2, -0.15) is 0 Å². The van der Waals surface area contributed by atoms with E-state index in [2.05, 4.69) is 86.4 Å². The number of amides is 1. The fraction of sp³-hybridized carbons (Fsp3) is 0.441. The minimum absolute atomic E-state index is 0.0329. The molecule has 0 saturated carbocycles. The van der Waals surface area contributed by atoms with Gasteiger partial charge in [0.2, 0.25) is 5.91 Å². The highest BCUT2D eigenvalue weighted by atomic mass is 16.5. The molecule has 3 atom stereocenters. The standard InChI is InChI=1S/C34H42N2O3/c1-33(2,3)25-15-17-29(38-5)24(21-25)22-35-31-18-16-28(23-11-8-7-9-12-23)36(31)32(37)34(4)20-19-26-27(34)13-10-14-30(26)39-6/h7-15,17,21,28,31,35H,16,18-20,22H2,1-6H3/t28?,31?,34-/m1/s1. The molecule has 1 heterocycles. The van der Waals surface area contributed by atoms with Gasteiger partial charge in [-0.25, -0.2) is 0 Å². The number of carbonyl (C=O) groups is 1. The van der Waals surface area contributed by atoms with Gasteiger partial charge in [0.05, 0.1) is 31.8 Å². The Labute approximate surface area is 233 Å². The SMILES string of the molecule is COc1ccc(C(C)(C)C)cc1CNC1CCC(c2ccccc2)N1C(=O)[C@]1(C)CCc2c(OC)cccc21. The fourth-order valence-electron chi connectivity index (χ4n) is 6.46. The number of likely N-dealkylation sites (tertiary alicyclic amines) is 1. The molecular formula is C34H42N2O3. The van der Waals surface area contributed by atoms with E-state index < -0.39 is 5.41 Å². The summed E-state index contributed by atoms with van der Waals surface area (Å²) in [6.45, 7) is 9.42. The quantitative estimate of drug-likeness (QED) is 0.373. The van der Waals surface area contributed by atoms with Crippen LogP contribution in [-0.4, -0.2) is 31.2 Å². The minimum Gasteiger partial charge on any atom is -0.496 e. The molecule has 0 spiro atoms. The van der Waals surface area contributed by atoms with Gasteiger partial charge in [-0.15, -0.1) is 0 Å². The molecule has 206 valence electrons. The zero-order valence-electron chi connectivity index (χ0n) is 24.2. The van der Waals surface area contributed by atoms with Gasteiger partial charge in [-0.1, -0.05) is 75.4 Å². The van der Waals surface area contributed by atoms with Gasteiger partial charge in [0.15, 0.2) is 0 Å². The maximum absolute atomic E-state index is 14.7. The van der Waals surface area contributed by atoms with E-state index in [0.29, 0.717) is 6.54 Å². The number of methoxy groups -OCH3 is 2. The van der Waals surface area contributed by atoms with E-state index in [0.717, 1.165) is 48.3 Å². The summed E-state index contributed by atoms with van der Waals surface area (Å²) in [6, 6.07) is 23.1. The highest BCUT2D eigenvalue weighted by Gasteiger charge is 2.49. The van der Waals surface area contributed by atoms with Gasteiger partial charge in [0.1, 0.15) is 11.5 Å². The molecular weight excluding hydrogens is 484 g/mol. The van der Waals surface area contributed by atoms with Gasteiger partial charge >= 0.3 is 0 Å². The van der Waals surface area contributed by atoms with Crippen LogP contribution in [0.2, 0.25) is 0 Å². The molecule has 0 aromatic heterocycles. The summed E-state index contributed by atoms with van der Waals surface area (Å²) in [5.74, 6) is 1.94. The Morgan fingerprint density at radius 3 is 2.41 bits per heavy atom. The normalized spacial score (nSPS) is 22.6. The maximum atomic E-state index is 14.7. The van der Waals surface area contributed by atoms with Crippen molar-refractivity contribution < 1.29 is 14.3 Å². The molecule has 5 rings (SSSR count). The Morgan fingerprint density at radius 2 is 1.72 bits per heavy atom. The van der Waals surface area contributed by atoms with Crippen LogP contribution in [-0.2, 0) is 28.6 Å². The zero-order chi connectivity index (χ0) is 27.8. The van der Waals surface area contributed by atoms with Crippen molar-refractivity contribution in [2.45, 2.75) is 83.0 Å². The van der Waals surface area contributed by atoms with E-state index in [1.807, 2.05) is 18.2 Å². The minimum atomic E-state index is -0.592. The second-order valence-corrected chi connectivity index (χ2v) is 12.2. The molecule has 3 aromatic carbocycles. The van der Waals surface area contributed by atoms with Crippen molar-refractivity contribution in [3.05, 3.63) is 94.5 Å². The number of rotatable bonds is 7. The van der Waals surface area contributed by atoms with Crippen molar-refractivity contribution in [3.8, 4) is 11.5 Å². The molecule has 39 heavy (non-hydrogen) atoms. The molecule has 1 saturated heterocycles. The lowest BCUT2D eigenvalue weighted by Gasteiger charge is -2.38. The van der Waals surface area contributed by atoms with Gasteiger partial charge < -0.3 is 14.4 Å². The molecule has 1 aliphatic heterocycles. The van der Waals surface area contributed by atoms with Crippen molar-refractivity contribution in [2.75, 3.05) is 14.2 Å². The largest absolute Gasteiger partial charge is 0.496 e. The molecule has 3 aromatic rings. The molecule has 5 heteroatoms. The number of carbonyl (C=O) groups excluding carboxylic acids is 1. The Kier molecular flexibility index (Phi) is 7.47. The first kappa shape index (κ1) is 27.3. The van der Waals surface area contributed by atoms with Crippen LogP contribution in [0, 0.1) is 0 Å². The monoisotopic (exact) mass is 526 g/mol. The predicted molar refractivity (Wildman–Crippen MR) is 156 cm³/mol. The lowest BCUT2D eigenvalue weighted by atomic mass is 9.82. The summed E-state index contributed by atoms with van der Waals surface area (Å²) in [6.07, 6.45) is 3.38. The van der Waals surface area contributed by atoms with Gasteiger partial charge in [0.25, 0.3) is 0 Å². The molecule has 0 bridgehead atoms. The number of benzene rings is 3. The average molecular weight is 527 g/mol. The summed E-state index contributed by atoms with van der Waals surface area (Å²) in [5.41, 5.74) is 5.29. The van der Waals surface area contributed by atoms with Crippen molar-refractivity contribution in [3.63, 3.8) is 0 Å². The molecule has 1 N–H and O–H groups in total. The molecule has 5 nitrogen and oxygen atoms in total. The van der Waals surface area contributed by atoms with Crippen LogP contribution in [0.1, 0.15) is 80.8 Å². The highest BCUT2D eigenvalue weighted by molar-refractivity contribution is 5.90. The topological polar surface area (TPSA) is 50.8 Å². The summed E-state index contributed by atoms with van der Waals surface area (Å²) in [7, 11) is 3.43. The molecule has 2 aliphatic rings. The Bertz CT molecular complexity index is 1330. The van der Waals surface area contributed by atoms with Crippen LogP contribution in [0.15, 0.2) is 66.7 Å².